The molecule has 0 amide bonds. The van der Waals surface area contributed by atoms with Crippen LogP contribution in [0.4, 0.5) is 18.9 Å². The number of hydrogen-bond donors (Lipinski definition) is 1. The molecule has 2 fully saturated rings. The van der Waals surface area contributed by atoms with Crippen molar-refractivity contribution in [3.8, 4) is 0 Å². The lowest BCUT2D eigenvalue weighted by atomic mass is 9.98. The zero-order valence-corrected chi connectivity index (χ0v) is 10.5. The molecule has 3 atom stereocenters. The van der Waals surface area contributed by atoms with Crippen molar-refractivity contribution in [2.75, 3.05) is 18.0 Å². The minimum Gasteiger partial charge on any atom is -0.371 e. The Balaban J connectivity index is 1.74. The summed E-state index contributed by atoms with van der Waals surface area (Å²) in [7, 11) is 0. The van der Waals surface area contributed by atoms with E-state index in [-0.39, 0.29) is 6.04 Å². The summed E-state index contributed by atoms with van der Waals surface area (Å²) >= 11 is 0. The predicted molar refractivity (Wildman–Crippen MR) is 67.8 cm³/mol. The molecule has 1 aromatic rings. The summed E-state index contributed by atoms with van der Waals surface area (Å²) in [6, 6.07) is 5.70. The van der Waals surface area contributed by atoms with Gasteiger partial charge in [-0.2, -0.15) is 13.2 Å². The number of hydrogen-bond acceptors (Lipinski definition) is 2. The van der Waals surface area contributed by atoms with E-state index in [1.54, 1.807) is 12.1 Å². The van der Waals surface area contributed by atoms with Gasteiger partial charge in [-0.05, 0) is 48.9 Å². The van der Waals surface area contributed by atoms with Gasteiger partial charge in [0.25, 0.3) is 0 Å². The molecule has 2 N–H and O–H groups in total. The van der Waals surface area contributed by atoms with E-state index in [1.807, 2.05) is 0 Å². The van der Waals surface area contributed by atoms with E-state index in [9.17, 15) is 13.2 Å². The fraction of sp³-hybridized carbons (Fsp3) is 0.571. The van der Waals surface area contributed by atoms with Crippen LogP contribution in [0, 0.1) is 11.8 Å². The topological polar surface area (TPSA) is 29.3 Å². The maximum absolute atomic E-state index is 12.5. The van der Waals surface area contributed by atoms with Gasteiger partial charge in [0.15, 0.2) is 0 Å². The second-order valence-electron chi connectivity index (χ2n) is 5.61. The van der Waals surface area contributed by atoms with Crippen molar-refractivity contribution in [3.05, 3.63) is 29.8 Å². The van der Waals surface area contributed by atoms with E-state index in [0.29, 0.717) is 11.8 Å². The van der Waals surface area contributed by atoms with Gasteiger partial charge in [-0.1, -0.05) is 0 Å². The molecule has 104 valence electrons. The van der Waals surface area contributed by atoms with E-state index in [0.717, 1.165) is 43.8 Å². The summed E-state index contributed by atoms with van der Waals surface area (Å²) in [5.41, 5.74) is 6.35. The van der Waals surface area contributed by atoms with Gasteiger partial charge in [-0.15, -0.1) is 0 Å². The quantitative estimate of drug-likeness (QED) is 0.850. The highest BCUT2D eigenvalue weighted by Crippen LogP contribution is 2.39. The van der Waals surface area contributed by atoms with E-state index >= 15 is 0 Å². The Kier molecular flexibility index (Phi) is 2.96. The van der Waals surface area contributed by atoms with Gasteiger partial charge >= 0.3 is 6.18 Å². The number of nitrogens with two attached hydrogens (primary N) is 1. The molecule has 1 heterocycles. The summed E-state index contributed by atoms with van der Waals surface area (Å²) in [4.78, 5) is 2.16. The van der Waals surface area contributed by atoms with E-state index in [1.165, 1.54) is 0 Å². The zero-order valence-electron chi connectivity index (χ0n) is 10.5. The number of fused-ring (bicyclic) bond motifs is 1. The lowest BCUT2D eigenvalue weighted by Gasteiger charge is -2.21. The highest BCUT2D eigenvalue weighted by atomic mass is 19.4. The molecule has 2 nitrogen and oxygen atoms in total. The number of rotatable bonds is 1. The van der Waals surface area contributed by atoms with Crippen LogP contribution in [-0.2, 0) is 6.18 Å². The van der Waals surface area contributed by atoms with Gasteiger partial charge in [0.1, 0.15) is 0 Å². The number of nitrogens with zero attached hydrogens (tertiary/aromatic N) is 1. The molecule has 1 aliphatic heterocycles. The van der Waals surface area contributed by atoms with Crippen molar-refractivity contribution in [1.82, 2.24) is 0 Å². The molecule has 1 aliphatic carbocycles. The minimum absolute atomic E-state index is 0.254. The number of alkyl halides is 3. The Morgan fingerprint density at radius 3 is 2.32 bits per heavy atom. The maximum Gasteiger partial charge on any atom is 0.416 e. The number of anilines is 1. The average molecular weight is 270 g/mol. The van der Waals surface area contributed by atoms with Crippen LogP contribution >= 0.6 is 0 Å². The monoisotopic (exact) mass is 270 g/mol. The molecule has 0 radical (unpaired) electrons. The molecule has 19 heavy (non-hydrogen) atoms. The first kappa shape index (κ1) is 12.8. The molecule has 5 heteroatoms. The van der Waals surface area contributed by atoms with Crippen molar-refractivity contribution in [3.63, 3.8) is 0 Å². The molecule has 3 rings (SSSR count). The molecule has 1 saturated carbocycles. The summed E-state index contributed by atoms with van der Waals surface area (Å²) in [5, 5.41) is 0. The molecule has 0 bridgehead atoms. The maximum atomic E-state index is 12.5. The first-order valence-electron chi connectivity index (χ1n) is 6.63. The summed E-state index contributed by atoms with van der Waals surface area (Å²) in [5.74, 6) is 1.11. The third-order valence-electron chi connectivity index (χ3n) is 4.47. The normalized spacial score (nSPS) is 30.7. The lowest BCUT2D eigenvalue weighted by molar-refractivity contribution is -0.137. The first-order chi connectivity index (χ1) is 8.95. The lowest BCUT2D eigenvalue weighted by Crippen LogP contribution is -2.30. The SMILES string of the molecule is NC1CCC2CN(c3ccc(C(F)(F)F)cc3)CC12. The third-order valence-corrected chi connectivity index (χ3v) is 4.47. The largest absolute Gasteiger partial charge is 0.416 e. The fourth-order valence-corrected chi connectivity index (χ4v) is 3.38. The van der Waals surface area contributed by atoms with Gasteiger partial charge in [-0.3, -0.25) is 0 Å². The highest BCUT2D eigenvalue weighted by Gasteiger charge is 2.41. The second-order valence-corrected chi connectivity index (χ2v) is 5.61. The van der Waals surface area contributed by atoms with Crippen molar-refractivity contribution in [1.29, 1.82) is 0 Å². The molecule has 0 aromatic heterocycles. The van der Waals surface area contributed by atoms with Crippen molar-refractivity contribution < 1.29 is 13.2 Å². The number of benzene rings is 1. The molecular formula is C14H17F3N2. The van der Waals surface area contributed by atoms with Crippen LogP contribution in [0.25, 0.3) is 0 Å². The molecular weight excluding hydrogens is 253 g/mol. The molecule has 2 aliphatic rings. The van der Waals surface area contributed by atoms with E-state index < -0.39 is 11.7 Å². The van der Waals surface area contributed by atoms with Crippen LogP contribution in [0.2, 0.25) is 0 Å². The van der Waals surface area contributed by atoms with Crippen molar-refractivity contribution in [2.24, 2.45) is 17.6 Å². The molecule has 3 unspecified atom stereocenters. The van der Waals surface area contributed by atoms with E-state index in [4.69, 9.17) is 5.73 Å². The zero-order chi connectivity index (χ0) is 13.6. The Morgan fingerprint density at radius 2 is 1.74 bits per heavy atom. The van der Waals surface area contributed by atoms with Crippen molar-refractivity contribution in [2.45, 2.75) is 25.1 Å². The minimum atomic E-state index is -4.26. The predicted octanol–water partition coefficient (Wildman–Crippen LogP) is 2.88. The summed E-state index contributed by atoms with van der Waals surface area (Å²) in [6.45, 7) is 1.79. The Hall–Kier alpha value is -1.23. The van der Waals surface area contributed by atoms with Crippen LogP contribution in [-0.4, -0.2) is 19.1 Å². The molecule has 1 saturated heterocycles. The average Bonchev–Trinajstić information content (AvgIpc) is 2.91. The molecule has 1 aromatic carbocycles. The Bertz CT molecular complexity index is 455. The number of halogens is 3. The Labute approximate surface area is 110 Å². The molecule has 0 spiro atoms. The van der Waals surface area contributed by atoms with Gasteiger partial charge in [-0.25, -0.2) is 0 Å². The summed E-state index contributed by atoms with van der Waals surface area (Å²) in [6.07, 6.45) is -2.04. The van der Waals surface area contributed by atoms with Gasteiger partial charge < -0.3 is 10.6 Å². The van der Waals surface area contributed by atoms with Crippen LogP contribution in [0.1, 0.15) is 18.4 Å². The second kappa shape index (κ2) is 4.40. The summed E-state index contributed by atoms with van der Waals surface area (Å²) < 4.78 is 37.5. The highest BCUT2D eigenvalue weighted by molar-refractivity contribution is 5.49. The van der Waals surface area contributed by atoms with Crippen LogP contribution < -0.4 is 10.6 Å². The smallest absolute Gasteiger partial charge is 0.371 e. The van der Waals surface area contributed by atoms with Gasteiger partial charge in [0.2, 0.25) is 0 Å². The third kappa shape index (κ3) is 2.31. The van der Waals surface area contributed by atoms with Gasteiger partial charge in [0.05, 0.1) is 5.56 Å². The standard InChI is InChI=1S/C14H17F3N2/c15-14(16,17)10-2-4-11(5-3-10)19-7-9-1-6-13(18)12(9)8-19/h2-5,9,12-13H,1,6-8,18H2. The van der Waals surface area contributed by atoms with Crippen molar-refractivity contribution >= 4 is 5.69 Å². The van der Waals surface area contributed by atoms with Crippen LogP contribution in [0.5, 0.6) is 0 Å². The van der Waals surface area contributed by atoms with E-state index in [2.05, 4.69) is 4.90 Å². The van der Waals surface area contributed by atoms with Gasteiger partial charge in [0, 0.05) is 24.8 Å². The fourth-order valence-electron chi connectivity index (χ4n) is 3.38. The Morgan fingerprint density at radius 1 is 1.05 bits per heavy atom. The van der Waals surface area contributed by atoms with Crippen LogP contribution in [0.3, 0.4) is 0 Å². The van der Waals surface area contributed by atoms with Crippen LogP contribution in [0.15, 0.2) is 24.3 Å². The first-order valence-corrected chi connectivity index (χ1v) is 6.63.